The van der Waals surface area contributed by atoms with Crippen LogP contribution in [0.4, 0.5) is 9.59 Å². The van der Waals surface area contributed by atoms with E-state index in [-0.39, 0.29) is 25.7 Å². The Labute approximate surface area is 252 Å². The smallest absolute Gasteiger partial charge is 0.407 e. The minimum Gasteiger partial charge on any atom is -0.494 e. The number of unbranched alkanes of at least 4 members (excludes halogenated alkanes) is 1. The van der Waals surface area contributed by atoms with Gasteiger partial charge in [-0.3, -0.25) is 0 Å². The predicted molar refractivity (Wildman–Crippen MR) is 163 cm³/mol. The molecule has 0 aliphatic heterocycles. The average Bonchev–Trinajstić information content (AvgIpc) is 3.35. The highest BCUT2D eigenvalue weighted by Gasteiger charge is 2.30. The maximum absolute atomic E-state index is 12.8. The minimum absolute atomic E-state index is 0.0312. The SMILES string of the molecule is C=CCOC(=O)C(CCCCNC(=O)OCc1ccc(OCC)cc1)NC(=O)OCC1c2ccccc2-c2ccccc21. The predicted octanol–water partition coefficient (Wildman–Crippen LogP) is 6.12. The Balaban J connectivity index is 1.21. The second-order valence-corrected chi connectivity index (χ2v) is 10.0. The molecule has 2 amide bonds. The molecule has 9 heteroatoms. The number of alkyl carbamates (subject to hydrolysis) is 2. The molecule has 9 nitrogen and oxygen atoms in total. The van der Waals surface area contributed by atoms with Crippen molar-refractivity contribution in [3.05, 3.63) is 102 Å². The van der Waals surface area contributed by atoms with Gasteiger partial charge in [0.25, 0.3) is 0 Å². The van der Waals surface area contributed by atoms with Crippen LogP contribution in [0, 0.1) is 0 Å². The first-order valence-electron chi connectivity index (χ1n) is 14.5. The number of hydrogen-bond acceptors (Lipinski definition) is 7. The lowest BCUT2D eigenvalue weighted by molar-refractivity contribution is -0.145. The number of esters is 1. The van der Waals surface area contributed by atoms with Gasteiger partial charge in [-0.1, -0.05) is 73.3 Å². The lowest BCUT2D eigenvalue weighted by Gasteiger charge is -2.19. The number of carbonyl (C=O) groups is 3. The van der Waals surface area contributed by atoms with Crippen LogP contribution in [-0.4, -0.2) is 50.6 Å². The summed E-state index contributed by atoms with van der Waals surface area (Å²) in [6, 6.07) is 22.6. The van der Waals surface area contributed by atoms with E-state index in [1.807, 2.05) is 67.6 Å². The van der Waals surface area contributed by atoms with E-state index >= 15 is 0 Å². The van der Waals surface area contributed by atoms with Crippen LogP contribution in [0.2, 0.25) is 0 Å². The summed E-state index contributed by atoms with van der Waals surface area (Å²) in [6.07, 6.45) is 1.65. The lowest BCUT2D eigenvalue weighted by Crippen LogP contribution is -2.42. The molecular formula is C34H38N2O7. The number of fused-ring (bicyclic) bond motifs is 3. The first kappa shape index (κ1) is 31.2. The zero-order valence-electron chi connectivity index (χ0n) is 24.4. The highest BCUT2D eigenvalue weighted by atomic mass is 16.6. The van der Waals surface area contributed by atoms with E-state index < -0.39 is 24.2 Å². The van der Waals surface area contributed by atoms with Gasteiger partial charge in [-0.15, -0.1) is 0 Å². The molecule has 1 aliphatic carbocycles. The molecule has 0 saturated heterocycles. The van der Waals surface area contributed by atoms with Crippen molar-refractivity contribution in [1.82, 2.24) is 10.6 Å². The number of rotatable bonds is 15. The molecule has 1 unspecified atom stereocenters. The maximum atomic E-state index is 12.8. The quantitative estimate of drug-likeness (QED) is 0.0955. The molecule has 1 aliphatic rings. The van der Waals surface area contributed by atoms with Crippen molar-refractivity contribution in [2.75, 3.05) is 26.4 Å². The molecular weight excluding hydrogens is 548 g/mol. The number of hydrogen-bond donors (Lipinski definition) is 2. The molecule has 0 bridgehead atoms. The van der Waals surface area contributed by atoms with Crippen molar-refractivity contribution in [3.8, 4) is 16.9 Å². The summed E-state index contributed by atoms with van der Waals surface area (Å²) in [6.45, 7) is 6.72. The van der Waals surface area contributed by atoms with Crippen LogP contribution in [0.15, 0.2) is 85.5 Å². The van der Waals surface area contributed by atoms with Crippen LogP contribution >= 0.6 is 0 Å². The average molecular weight is 587 g/mol. The zero-order chi connectivity index (χ0) is 30.4. The van der Waals surface area contributed by atoms with Crippen molar-refractivity contribution in [2.45, 2.75) is 44.8 Å². The maximum Gasteiger partial charge on any atom is 0.407 e. The van der Waals surface area contributed by atoms with Gasteiger partial charge >= 0.3 is 18.2 Å². The summed E-state index contributed by atoms with van der Waals surface area (Å²) in [4.78, 5) is 37.5. The van der Waals surface area contributed by atoms with E-state index in [2.05, 4.69) is 29.3 Å². The molecule has 3 aromatic rings. The summed E-state index contributed by atoms with van der Waals surface area (Å²) < 4.78 is 21.5. The van der Waals surface area contributed by atoms with Crippen molar-refractivity contribution in [1.29, 1.82) is 0 Å². The van der Waals surface area contributed by atoms with Gasteiger partial charge in [-0.05, 0) is 66.1 Å². The summed E-state index contributed by atoms with van der Waals surface area (Å²) in [5.74, 6) is 0.0937. The van der Waals surface area contributed by atoms with Gasteiger partial charge in [0.1, 0.15) is 31.6 Å². The highest BCUT2D eigenvalue weighted by molar-refractivity contribution is 5.82. The molecule has 3 aromatic carbocycles. The van der Waals surface area contributed by atoms with E-state index in [4.69, 9.17) is 18.9 Å². The summed E-state index contributed by atoms with van der Waals surface area (Å²) >= 11 is 0. The molecule has 43 heavy (non-hydrogen) atoms. The highest BCUT2D eigenvalue weighted by Crippen LogP contribution is 2.44. The Kier molecular flexibility index (Phi) is 11.6. The minimum atomic E-state index is -0.901. The van der Waals surface area contributed by atoms with E-state index in [1.54, 1.807) is 0 Å². The van der Waals surface area contributed by atoms with Gasteiger partial charge in [0.05, 0.1) is 6.61 Å². The zero-order valence-corrected chi connectivity index (χ0v) is 24.4. The topological polar surface area (TPSA) is 112 Å². The third kappa shape index (κ3) is 8.85. The molecule has 0 radical (unpaired) electrons. The van der Waals surface area contributed by atoms with Gasteiger partial charge < -0.3 is 29.6 Å². The molecule has 4 rings (SSSR count). The first-order valence-corrected chi connectivity index (χ1v) is 14.5. The molecule has 2 N–H and O–H groups in total. The second kappa shape index (κ2) is 16.0. The third-order valence-corrected chi connectivity index (χ3v) is 7.06. The second-order valence-electron chi connectivity index (χ2n) is 10.0. The summed E-state index contributed by atoms with van der Waals surface area (Å²) in [5, 5.41) is 5.36. The van der Waals surface area contributed by atoms with Gasteiger partial charge in [0.2, 0.25) is 0 Å². The van der Waals surface area contributed by atoms with Crippen LogP contribution in [0.5, 0.6) is 5.75 Å². The Morgan fingerprint density at radius 3 is 2.19 bits per heavy atom. The van der Waals surface area contributed by atoms with Crippen molar-refractivity contribution < 1.29 is 33.3 Å². The molecule has 226 valence electrons. The van der Waals surface area contributed by atoms with Crippen molar-refractivity contribution in [3.63, 3.8) is 0 Å². The van der Waals surface area contributed by atoms with E-state index in [9.17, 15) is 14.4 Å². The van der Waals surface area contributed by atoms with Crippen LogP contribution in [-0.2, 0) is 25.6 Å². The Bertz CT molecular complexity index is 1340. The van der Waals surface area contributed by atoms with Gasteiger partial charge in [-0.25, -0.2) is 14.4 Å². The van der Waals surface area contributed by atoms with Crippen LogP contribution < -0.4 is 15.4 Å². The van der Waals surface area contributed by atoms with E-state index in [1.165, 1.54) is 6.08 Å². The molecule has 1 atom stereocenters. The van der Waals surface area contributed by atoms with Crippen LogP contribution in [0.1, 0.15) is 48.8 Å². The van der Waals surface area contributed by atoms with Gasteiger partial charge in [0, 0.05) is 12.5 Å². The molecule has 0 fully saturated rings. The molecule has 0 heterocycles. The first-order chi connectivity index (χ1) is 21.0. The lowest BCUT2D eigenvalue weighted by atomic mass is 9.98. The number of benzene rings is 3. The molecule has 0 aromatic heterocycles. The normalized spacial score (nSPS) is 12.3. The Hall–Kier alpha value is -4.79. The number of amides is 2. The van der Waals surface area contributed by atoms with Crippen molar-refractivity contribution in [2.24, 2.45) is 0 Å². The fraction of sp³-hybridized carbons (Fsp3) is 0.324. The van der Waals surface area contributed by atoms with Gasteiger partial charge in [0.15, 0.2) is 0 Å². The standard InChI is InChI=1S/C34H38N2O7/c1-3-21-41-32(37)31(15-9-10-20-35-33(38)42-22-24-16-18-25(19-17-24)40-4-2)36-34(39)43-23-30-28-13-7-5-11-26(28)27-12-6-8-14-29(27)30/h3,5-8,11-14,16-19,30-31H,1,4,9-10,15,20-23H2,2H3,(H,35,38)(H,36,39). The number of carbonyl (C=O) groups excluding carboxylic acids is 3. The fourth-order valence-electron chi connectivity index (χ4n) is 4.99. The molecule has 0 saturated carbocycles. The van der Waals surface area contributed by atoms with Crippen LogP contribution in [0.25, 0.3) is 11.1 Å². The van der Waals surface area contributed by atoms with Crippen LogP contribution in [0.3, 0.4) is 0 Å². The third-order valence-electron chi connectivity index (χ3n) is 7.06. The summed E-state index contributed by atoms with van der Waals surface area (Å²) in [7, 11) is 0. The number of nitrogens with one attached hydrogen (secondary N) is 2. The fourth-order valence-corrected chi connectivity index (χ4v) is 4.99. The Morgan fingerprint density at radius 2 is 1.53 bits per heavy atom. The molecule has 0 spiro atoms. The van der Waals surface area contributed by atoms with E-state index in [0.29, 0.717) is 32.4 Å². The van der Waals surface area contributed by atoms with E-state index in [0.717, 1.165) is 33.6 Å². The Morgan fingerprint density at radius 1 is 0.860 bits per heavy atom. The van der Waals surface area contributed by atoms with Gasteiger partial charge in [-0.2, -0.15) is 0 Å². The number of ether oxygens (including phenoxy) is 4. The monoisotopic (exact) mass is 586 g/mol. The largest absolute Gasteiger partial charge is 0.494 e. The summed E-state index contributed by atoms with van der Waals surface area (Å²) in [5.41, 5.74) is 5.31. The van der Waals surface area contributed by atoms with Crippen molar-refractivity contribution >= 4 is 18.2 Å².